The first-order valence-corrected chi connectivity index (χ1v) is 12.0. The van der Waals surface area contributed by atoms with E-state index in [4.69, 9.17) is 0 Å². The van der Waals surface area contributed by atoms with Crippen molar-refractivity contribution >= 4 is 28.8 Å². The second kappa shape index (κ2) is 9.12. The maximum atomic E-state index is 13.1. The molecular formula is C29H29N3O3. The highest BCUT2D eigenvalue weighted by Gasteiger charge is 2.30. The molecule has 1 aliphatic carbocycles. The van der Waals surface area contributed by atoms with E-state index in [9.17, 15) is 14.4 Å². The number of amides is 1. The van der Waals surface area contributed by atoms with Gasteiger partial charge in [0.2, 0.25) is 5.91 Å². The van der Waals surface area contributed by atoms with Gasteiger partial charge < -0.3 is 10.2 Å². The SMILES string of the molecule is Cc1cccc(N2CCN([C@H](C)C(=O)Nc3ccc4c(c3)C(=O)c3ccccc3C4=O)CC2)c1C. The highest BCUT2D eigenvalue weighted by Crippen LogP contribution is 2.29. The summed E-state index contributed by atoms with van der Waals surface area (Å²) in [5, 5.41) is 2.95. The van der Waals surface area contributed by atoms with Crippen molar-refractivity contribution in [2.45, 2.75) is 26.8 Å². The van der Waals surface area contributed by atoms with Gasteiger partial charge in [0.05, 0.1) is 6.04 Å². The average Bonchev–Trinajstić information content (AvgIpc) is 2.88. The second-order valence-corrected chi connectivity index (χ2v) is 9.37. The Bertz CT molecular complexity index is 1340. The number of piperazine rings is 1. The Balaban J connectivity index is 1.26. The molecule has 0 spiro atoms. The Kier molecular flexibility index (Phi) is 5.99. The Labute approximate surface area is 205 Å². The third kappa shape index (κ3) is 4.15. The van der Waals surface area contributed by atoms with Crippen LogP contribution in [0.1, 0.15) is 49.9 Å². The largest absolute Gasteiger partial charge is 0.369 e. The third-order valence-corrected chi connectivity index (χ3v) is 7.35. The molecule has 0 saturated carbocycles. The normalized spacial score (nSPS) is 16.5. The lowest BCUT2D eigenvalue weighted by molar-refractivity contribution is -0.120. The Hall–Kier alpha value is -3.77. The van der Waals surface area contributed by atoms with E-state index in [1.54, 1.807) is 42.5 Å². The molecular weight excluding hydrogens is 438 g/mol. The molecule has 1 amide bonds. The van der Waals surface area contributed by atoms with E-state index in [1.807, 2.05) is 6.92 Å². The lowest BCUT2D eigenvalue weighted by atomic mass is 9.84. The summed E-state index contributed by atoms with van der Waals surface area (Å²) in [5.41, 5.74) is 5.91. The standard InChI is InChI=1S/C29H29N3O3/c1-18-7-6-10-26(19(18)2)32-15-13-31(14-16-32)20(3)29(35)30-21-11-12-24-25(17-21)28(34)23-9-5-4-8-22(23)27(24)33/h4-12,17,20H,13-16H2,1-3H3,(H,30,35)/t20-/m1/s1. The fourth-order valence-corrected chi connectivity index (χ4v) is 5.02. The van der Waals surface area contributed by atoms with E-state index < -0.39 is 0 Å². The molecule has 1 atom stereocenters. The molecule has 3 aromatic carbocycles. The molecule has 0 radical (unpaired) electrons. The maximum absolute atomic E-state index is 13.1. The molecule has 1 aliphatic heterocycles. The van der Waals surface area contributed by atoms with Crippen LogP contribution in [0, 0.1) is 13.8 Å². The van der Waals surface area contributed by atoms with Crippen molar-refractivity contribution in [3.05, 3.63) is 94.0 Å². The lowest BCUT2D eigenvalue weighted by Crippen LogP contribution is -2.53. The number of benzene rings is 3. The molecule has 6 nitrogen and oxygen atoms in total. The molecule has 3 aromatic rings. The number of nitrogens with one attached hydrogen (secondary N) is 1. The van der Waals surface area contributed by atoms with Gasteiger partial charge in [0.25, 0.3) is 0 Å². The molecule has 1 N–H and O–H groups in total. The molecule has 5 rings (SSSR count). The Morgan fingerprint density at radius 2 is 1.43 bits per heavy atom. The Morgan fingerprint density at radius 1 is 0.800 bits per heavy atom. The quantitative estimate of drug-likeness (QED) is 0.487. The summed E-state index contributed by atoms with van der Waals surface area (Å²) in [6, 6.07) is 17.9. The maximum Gasteiger partial charge on any atom is 0.241 e. The number of nitrogens with zero attached hydrogens (tertiary/aromatic N) is 2. The summed E-state index contributed by atoms with van der Waals surface area (Å²) < 4.78 is 0. The second-order valence-electron chi connectivity index (χ2n) is 9.37. The lowest BCUT2D eigenvalue weighted by Gasteiger charge is -2.39. The van der Waals surface area contributed by atoms with Gasteiger partial charge in [0, 0.05) is 59.8 Å². The molecule has 1 fully saturated rings. The van der Waals surface area contributed by atoms with Gasteiger partial charge in [-0.05, 0) is 56.2 Å². The minimum absolute atomic E-state index is 0.125. The summed E-state index contributed by atoms with van der Waals surface area (Å²) in [5.74, 6) is -0.481. The zero-order valence-corrected chi connectivity index (χ0v) is 20.3. The smallest absolute Gasteiger partial charge is 0.241 e. The van der Waals surface area contributed by atoms with Gasteiger partial charge in [-0.15, -0.1) is 0 Å². The highest BCUT2D eigenvalue weighted by atomic mass is 16.2. The minimum atomic E-state index is -0.315. The van der Waals surface area contributed by atoms with Gasteiger partial charge in [-0.1, -0.05) is 36.4 Å². The van der Waals surface area contributed by atoms with Crippen LogP contribution < -0.4 is 10.2 Å². The third-order valence-electron chi connectivity index (χ3n) is 7.35. The van der Waals surface area contributed by atoms with Crippen LogP contribution in [-0.2, 0) is 4.79 Å². The van der Waals surface area contributed by atoms with Crippen LogP contribution >= 0.6 is 0 Å². The van der Waals surface area contributed by atoms with E-state index in [0.717, 1.165) is 26.2 Å². The fraction of sp³-hybridized carbons (Fsp3) is 0.276. The van der Waals surface area contributed by atoms with E-state index >= 15 is 0 Å². The van der Waals surface area contributed by atoms with Crippen molar-refractivity contribution in [2.24, 2.45) is 0 Å². The van der Waals surface area contributed by atoms with Crippen molar-refractivity contribution in [3.8, 4) is 0 Å². The van der Waals surface area contributed by atoms with Crippen molar-refractivity contribution < 1.29 is 14.4 Å². The molecule has 178 valence electrons. The molecule has 0 unspecified atom stereocenters. The molecule has 2 aliphatic rings. The van der Waals surface area contributed by atoms with Gasteiger partial charge >= 0.3 is 0 Å². The summed E-state index contributed by atoms with van der Waals surface area (Å²) >= 11 is 0. The number of hydrogen-bond donors (Lipinski definition) is 1. The van der Waals surface area contributed by atoms with Crippen LogP contribution in [-0.4, -0.2) is 54.6 Å². The van der Waals surface area contributed by atoms with Crippen molar-refractivity contribution in [1.82, 2.24) is 4.90 Å². The fourth-order valence-electron chi connectivity index (χ4n) is 5.02. The number of carbonyl (C=O) groups is 3. The van der Waals surface area contributed by atoms with Gasteiger partial charge in [-0.25, -0.2) is 0 Å². The zero-order valence-electron chi connectivity index (χ0n) is 20.3. The molecule has 0 bridgehead atoms. The van der Waals surface area contributed by atoms with Gasteiger partial charge in [-0.3, -0.25) is 19.3 Å². The van der Waals surface area contributed by atoms with E-state index in [2.05, 4.69) is 47.2 Å². The van der Waals surface area contributed by atoms with Gasteiger partial charge in [0.1, 0.15) is 0 Å². The topological polar surface area (TPSA) is 69.7 Å². The van der Waals surface area contributed by atoms with E-state index in [0.29, 0.717) is 27.9 Å². The van der Waals surface area contributed by atoms with Crippen LogP contribution in [0.2, 0.25) is 0 Å². The van der Waals surface area contributed by atoms with Gasteiger partial charge in [0.15, 0.2) is 11.6 Å². The first-order valence-electron chi connectivity index (χ1n) is 12.0. The number of rotatable bonds is 4. The predicted molar refractivity (Wildman–Crippen MR) is 138 cm³/mol. The summed E-state index contributed by atoms with van der Waals surface area (Å²) in [6.45, 7) is 9.48. The Morgan fingerprint density at radius 3 is 2.11 bits per heavy atom. The summed E-state index contributed by atoms with van der Waals surface area (Å²) in [7, 11) is 0. The van der Waals surface area contributed by atoms with Crippen LogP contribution in [0.25, 0.3) is 0 Å². The number of anilines is 2. The van der Waals surface area contributed by atoms with Crippen molar-refractivity contribution in [2.75, 3.05) is 36.4 Å². The van der Waals surface area contributed by atoms with Crippen LogP contribution in [0.15, 0.2) is 60.7 Å². The summed E-state index contributed by atoms with van der Waals surface area (Å²) in [6.07, 6.45) is 0. The van der Waals surface area contributed by atoms with Crippen LogP contribution in [0.5, 0.6) is 0 Å². The number of fused-ring (bicyclic) bond motifs is 2. The van der Waals surface area contributed by atoms with Crippen molar-refractivity contribution in [3.63, 3.8) is 0 Å². The predicted octanol–water partition coefficient (Wildman–Crippen LogP) is 4.23. The number of ketones is 2. The monoisotopic (exact) mass is 467 g/mol. The van der Waals surface area contributed by atoms with E-state index in [1.165, 1.54) is 16.8 Å². The van der Waals surface area contributed by atoms with Crippen LogP contribution in [0.4, 0.5) is 11.4 Å². The highest BCUT2D eigenvalue weighted by molar-refractivity contribution is 6.28. The minimum Gasteiger partial charge on any atom is -0.369 e. The number of aryl methyl sites for hydroxylation is 1. The van der Waals surface area contributed by atoms with Crippen molar-refractivity contribution in [1.29, 1.82) is 0 Å². The molecule has 1 heterocycles. The first-order chi connectivity index (χ1) is 16.8. The number of hydrogen-bond acceptors (Lipinski definition) is 5. The van der Waals surface area contributed by atoms with Gasteiger partial charge in [-0.2, -0.15) is 0 Å². The molecule has 35 heavy (non-hydrogen) atoms. The van der Waals surface area contributed by atoms with E-state index in [-0.39, 0.29) is 23.5 Å². The number of carbonyl (C=O) groups excluding carboxylic acids is 3. The molecule has 0 aromatic heterocycles. The average molecular weight is 468 g/mol. The first kappa shape index (κ1) is 23.0. The summed E-state index contributed by atoms with van der Waals surface area (Å²) in [4.78, 5) is 43.4. The zero-order chi connectivity index (χ0) is 24.7. The molecule has 1 saturated heterocycles. The van der Waals surface area contributed by atoms with Crippen LogP contribution in [0.3, 0.4) is 0 Å². The molecule has 6 heteroatoms.